The van der Waals surface area contributed by atoms with Crippen LogP contribution in [-0.4, -0.2) is 83.6 Å². The normalized spacial score (nSPS) is 18.7. The van der Waals surface area contributed by atoms with Crippen molar-refractivity contribution in [3.63, 3.8) is 0 Å². The van der Waals surface area contributed by atoms with Crippen molar-refractivity contribution in [2.45, 2.75) is 30.6 Å². The van der Waals surface area contributed by atoms with E-state index in [1.54, 1.807) is 38.5 Å². The van der Waals surface area contributed by atoms with Gasteiger partial charge in [-0.3, -0.25) is 19.4 Å². The number of carboxylic acids is 1. The molecule has 3 aromatic rings. The van der Waals surface area contributed by atoms with E-state index in [0.717, 1.165) is 20.9 Å². The number of methoxy groups -OCH3 is 3. The summed E-state index contributed by atoms with van der Waals surface area (Å²) in [6, 6.07) is 18.2. The molecule has 12 nitrogen and oxygen atoms in total. The molecule has 2 aromatic carbocycles. The second kappa shape index (κ2) is 14.3. The molecule has 3 heterocycles. The summed E-state index contributed by atoms with van der Waals surface area (Å²) in [5, 5.41) is 13.8. The smallest absolute Gasteiger partial charge is 0.410 e. The van der Waals surface area contributed by atoms with Crippen LogP contribution in [0.1, 0.15) is 16.0 Å². The summed E-state index contributed by atoms with van der Waals surface area (Å²) in [6.45, 7) is 0.0712. The summed E-state index contributed by atoms with van der Waals surface area (Å²) in [4.78, 5) is 55.5. The molecule has 242 valence electrons. The number of carboxylic acid groups (broad SMARTS) is 1. The molecule has 0 radical (unpaired) electrons. The second-order valence-electron chi connectivity index (χ2n) is 10.4. The molecule has 1 unspecified atom stereocenters. The molecule has 5 rings (SSSR count). The van der Waals surface area contributed by atoms with Crippen LogP contribution in [0.5, 0.6) is 11.5 Å². The zero-order valence-corrected chi connectivity index (χ0v) is 27.0. The van der Waals surface area contributed by atoms with E-state index in [0.29, 0.717) is 11.5 Å². The first kappa shape index (κ1) is 32.9. The zero-order chi connectivity index (χ0) is 32.8. The Hall–Kier alpha value is -4.53. The lowest BCUT2D eigenvalue weighted by Crippen LogP contribution is -2.80. The lowest BCUT2D eigenvalue weighted by Gasteiger charge is -2.55. The Labute approximate surface area is 273 Å². The van der Waals surface area contributed by atoms with Gasteiger partial charge >= 0.3 is 12.1 Å². The van der Waals surface area contributed by atoms with Gasteiger partial charge in [0.05, 0.1) is 20.6 Å². The minimum atomic E-state index is -1.71. The third kappa shape index (κ3) is 6.83. The number of hydrogen-bond acceptors (Lipinski definition) is 10. The van der Waals surface area contributed by atoms with Crippen molar-refractivity contribution in [2.75, 3.05) is 33.7 Å². The number of β-lactam (4-membered cyclic amide) rings is 1. The van der Waals surface area contributed by atoms with E-state index in [-0.39, 0.29) is 43.1 Å². The molecule has 1 fully saturated rings. The van der Waals surface area contributed by atoms with Gasteiger partial charge in [0, 0.05) is 36.4 Å². The SMILES string of the molecule is COc1ccc(CN(Cc2ccc(OC)cc2)C(=O)OCC2=C(C(=O)O)N3C(=O)C(NC(=O)Cc4cccs4)(OC)[C@@H]3SC2)cc1. The first-order chi connectivity index (χ1) is 22.2. The number of ether oxygens (including phenoxy) is 4. The number of carbonyl (C=O) groups excluding carboxylic acids is 3. The summed E-state index contributed by atoms with van der Waals surface area (Å²) < 4.78 is 21.7. The van der Waals surface area contributed by atoms with E-state index in [9.17, 15) is 24.3 Å². The molecule has 46 heavy (non-hydrogen) atoms. The standard InChI is InChI=1S/C32H33N3O9S2/c1-41-23-10-6-20(7-11-23)16-34(17-21-8-12-24(42-2)13-9-21)31(40)44-18-22-19-46-30-32(43-3,29(39)35(30)27(22)28(37)38)33-26(36)15-25-5-4-14-45-25/h4-14,30H,15-19H2,1-3H3,(H,33,36)(H,37,38)/t30-,32?/m0/s1. The van der Waals surface area contributed by atoms with Crippen molar-refractivity contribution in [3.05, 3.63) is 93.3 Å². The van der Waals surface area contributed by atoms with Crippen molar-refractivity contribution in [1.82, 2.24) is 15.1 Å². The van der Waals surface area contributed by atoms with Crippen molar-refractivity contribution >= 4 is 47.0 Å². The highest BCUT2D eigenvalue weighted by molar-refractivity contribution is 8.00. The van der Waals surface area contributed by atoms with E-state index < -0.39 is 35.0 Å². The summed E-state index contributed by atoms with van der Waals surface area (Å²) in [5.74, 6) is -1.01. The summed E-state index contributed by atoms with van der Waals surface area (Å²) in [7, 11) is 4.43. The van der Waals surface area contributed by atoms with Gasteiger partial charge in [0.2, 0.25) is 5.91 Å². The van der Waals surface area contributed by atoms with Crippen LogP contribution >= 0.6 is 23.1 Å². The minimum absolute atomic E-state index is 0.0554. The molecule has 1 aromatic heterocycles. The van der Waals surface area contributed by atoms with E-state index in [4.69, 9.17) is 18.9 Å². The lowest BCUT2D eigenvalue weighted by atomic mass is 9.98. The van der Waals surface area contributed by atoms with E-state index >= 15 is 0 Å². The molecular formula is C32H33N3O9S2. The molecule has 14 heteroatoms. The second-order valence-corrected chi connectivity index (χ2v) is 12.5. The first-order valence-electron chi connectivity index (χ1n) is 14.2. The number of benzene rings is 2. The number of nitrogens with one attached hydrogen (secondary N) is 1. The number of nitrogens with zero attached hydrogens (tertiary/aromatic N) is 2. The number of rotatable bonds is 13. The van der Waals surface area contributed by atoms with Crippen LogP contribution in [0.2, 0.25) is 0 Å². The predicted molar refractivity (Wildman–Crippen MR) is 170 cm³/mol. The van der Waals surface area contributed by atoms with Crippen molar-refractivity contribution in [1.29, 1.82) is 0 Å². The molecule has 2 N–H and O–H groups in total. The van der Waals surface area contributed by atoms with Gasteiger partial charge in [-0.05, 0) is 46.8 Å². The number of thiophene rings is 1. The quantitative estimate of drug-likeness (QED) is 0.204. The molecule has 2 atom stereocenters. The Morgan fingerprint density at radius 1 is 0.978 bits per heavy atom. The fraction of sp³-hybridized carbons (Fsp3) is 0.312. The topological polar surface area (TPSA) is 144 Å². The maximum absolute atomic E-state index is 13.5. The Bertz CT molecular complexity index is 1560. The molecule has 0 saturated carbocycles. The molecule has 2 aliphatic rings. The summed E-state index contributed by atoms with van der Waals surface area (Å²) in [5.41, 5.74) is -0.0976. The molecule has 1 saturated heterocycles. The van der Waals surface area contributed by atoms with Crippen LogP contribution in [0, 0.1) is 0 Å². The van der Waals surface area contributed by atoms with Crippen molar-refractivity contribution < 1.29 is 43.2 Å². The highest BCUT2D eigenvalue weighted by atomic mass is 32.2. The fourth-order valence-corrected chi connectivity index (χ4v) is 7.33. The van der Waals surface area contributed by atoms with Crippen LogP contribution < -0.4 is 14.8 Å². The van der Waals surface area contributed by atoms with Gasteiger partial charge in [0.15, 0.2) is 0 Å². The number of hydrogen-bond donors (Lipinski definition) is 2. The zero-order valence-electron chi connectivity index (χ0n) is 25.4. The van der Waals surface area contributed by atoms with Gasteiger partial charge in [0.1, 0.15) is 29.2 Å². The van der Waals surface area contributed by atoms with Gasteiger partial charge in [-0.2, -0.15) is 0 Å². The minimum Gasteiger partial charge on any atom is -0.497 e. The van der Waals surface area contributed by atoms with Crippen LogP contribution in [0.15, 0.2) is 77.3 Å². The summed E-state index contributed by atoms with van der Waals surface area (Å²) >= 11 is 2.63. The third-order valence-electron chi connectivity index (χ3n) is 7.57. The number of aliphatic carboxylic acids is 1. The van der Waals surface area contributed by atoms with Crippen LogP contribution in [0.4, 0.5) is 4.79 Å². The highest BCUT2D eigenvalue weighted by Crippen LogP contribution is 2.46. The van der Waals surface area contributed by atoms with Gasteiger partial charge in [-0.1, -0.05) is 30.3 Å². The largest absolute Gasteiger partial charge is 0.497 e. The number of fused-ring (bicyclic) bond motifs is 1. The van der Waals surface area contributed by atoms with Crippen LogP contribution in [0.3, 0.4) is 0 Å². The first-order valence-corrected chi connectivity index (χ1v) is 16.1. The maximum Gasteiger partial charge on any atom is 0.410 e. The molecule has 0 spiro atoms. The lowest BCUT2D eigenvalue weighted by molar-refractivity contribution is -0.192. The Balaban J connectivity index is 1.31. The monoisotopic (exact) mass is 667 g/mol. The number of thioether (sulfide) groups is 1. The van der Waals surface area contributed by atoms with Gasteiger partial charge in [-0.15, -0.1) is 23.1 Å². The fourth-order valence-electron chi connectivity index (χ4n) is 5.20. The average Bonchev–Trinajstić information content (AvgIpc) is 3.58. The van der Waals surface area contributed by atoms with Crippen LogP contribution in [0.25, 0.3) is 0 Å². The van der Waals surface area contributed by atoms with E-state index in [1.165, 1.54) is 35.1 Å². The molecule has 2 aliphatic heterocycles. The van der Waals surface area contributed by atoms with Crippen molar-refractivity contribution in [3.8, 4) is 11.5 Å². The Morgan fingerprint density at radius 3 is 2.09 bits per heavy atom. The van der Waals surface area contributed by atoms with Gasteiger partial charge < -0.3 is 29.4 Å². The molecule has 0 aliphatic carbocycles. The number of amides is 3. The average molecular weight is 668 g/mol. The highest BCUT2D eigenvalue weighted by Gasteiger charge is 2.66. The third-order valence-corrected chi connectivity index (χ3v) is 9.82. The Kier molecular flexibility index (Phi) is 10.2. The van der Waals surface area contributed by atoms with E-state index in [2.05, 4.69) is 5.32 Å². The van der Waals surface area contributed by atoms with Gasteiger partial charge in [-0.25, -0.2) is 9.59 Å². The Morgan fingerprint density at radius 2 is 1.59 bits per heavy atom. The number of carbonyl (C=O) groups is 4. The predicted octanol–water partition coefficient (Wildman–Crippen LogP) is 3.86. The van der Waals surface area contributed by atoms with Crippen molar-refractivity contribution in [2.24, 2.45) is 0 Å². The molecular weight excluding hydrogens is 634 g/mol. The van der Waals surface area contributed by atoms with Crippen LogP contribution in [-0.2, 0) is 43.4 Å². The van der Waals surface area contributed by atoms with Gasteiger partial charge in [0.25, 0.3) is 11.6 Å². The molecule has 0 bridgehead atoms. The maximum atomic E-state index is 13.5. The summed E-state index contributed by atoms with van der Waals surface area (Å²) in [6.07, 6.45) is -0.613. The molecule has 3 amide bonds. The van der Waals surface area contributed by atoms with E-state index in [1.807, 2.05) is 41.8 Å².